The lowest BCUT2D eigenvalue weighted by Crippen LogP contribution is -2.43. The van der Waals surface area contributed by atoms with Gasteiger partial charge in [-0.1, -0.05) is 18.2 Å². The number of rotatable bonds is 7. The van der Waals surface area contributed by atoms with Crippen molar-refractivity contribution in [3.05, 3.63) is 30.3 Å². The van der Waals surface area contributed by atoms with Gasteiger partial charge in [0.05, 0.1) is 13.5 Å². The van der Waals surface area contributed by atoms with E-state index in [1.54, 1.807) is 0 Å². The smallest absolute Gasteiger partial charge is 0.340 e. The van der Waals surface area contributed by atoms with Crippen LogP contribution in [-0.4, -0.2) is 61.5 Å². The highest BCUT2D eigenvalue weighted by Gasteiger charge is 2.42. The minimum atomic E-state index is -0.257. The molecule has 1 N–H and O–H groups in total. The van der Waals surface area contributed by atoms with Crippen molar-refractivity contribution in [1.29, 1.82) is 0 Å². The molecule has 3 rings (SSSR count). The summed E-state index contributed by atoms with van der Waals surface area (Å²) in [4.78, 5) is 26.8. The van der Waals surface area contributed by atoms with Gasteiger partial charge in [-0.3, -0.25) is 14.7 Å². The molecule has 2 aliphatic rings. The molecule has 0 saturated carbocycles. The van der Waals surface area contributed by atoms with Gasteiger partial charge in [0.15, 0.2) is 0 Å². The summed E-state index contributed by atoms with van der Waals surface area (Å²) < 4.78 is 4.80. The maximum Gasteiger partial charge on any atom is 0.340 e. The van der Waals surface area contributed by atoms with Gasteiger partial charge in [-0.15, -0.1) is 0 Å². The number of nitrogens with one attached hydrogen (secondary N) is 1. The Kier molecular flexibility index (Phi) is 7.28. The zero-order valence-corrected chi connectivity index (χ0v) is 17.0. The van der Waals surface area contributed by atoms with E-state index in [0.29, 0.717) is 19.0 Å². The van der Waals surface area contributed by atoms with Crippen LogP contribution in [0.15, 0.2) is 30.3 Å². The quantitative estimate of drug-likeness (QED) is 0.728. The second kappa shape index (κ2) is 9.89. The first-order valence-electron chi connectivity index (χ1n) is 10.3. The number of ether oxygens (including phenoxy) is 1. The summed E-state index contributed by atoms with van der Waals surface area (Å²) in [5.41, 5.74) is 0.879. The number of nitrogens with zero attached hydrogens (tertiary/aromatic N) is 3. The van der Waals surface area contributed by atoms with Gasteiger partial charge >= 0.3 is 12.0 Å². The number of carbonyl (C=O) groups excluding carboxylic acids is 2. The summed E-state index contributed by atoms with van der Waals surface area (Å²) in [6.07, 6.45) is 4.66. The van der Waals surface area contributed by atoms with Gasteiger partial charge in [-0.05, 0) is 63.7 Å². The molecule has 1 aromatic rings. The highest BCUT2D eigenvalue weighted by molar-refractivity contribution is 5.94. The molecule has 2 saturated heterocycles. The van der Waals surface area contributed by atoms with E-state index in [-0.39, 0.29) is 24.6 Å². The number of hydrogen-bond donors (Lipinski definition) is 1. The van der Waals surface area contributed by atoms with Crippen molar-refractivity contribution in [3.8, 4) is 0 Å². The van der Waals surface area contributed by atoms with E-state index in [4.69, 9.17) is 4.74 Å². The minimum absolute atomic E-state index is 0.0182. The lowest BCUT2D eigenvalue weighted by atomic mass is 9.97. The van der Waals surface area contributed by atoms with E-state index >= 15 is 0 Å². The molecule has 0 bridgehead atoms. The molecule has 154 valence electrons. The average Bonchev–Trinajstić information content (AvgIpc) is 2.89. The van der Waals surface area contributed by atoms with Gasteiger partial charge in [0.2, 0.25) is 0 Å². The van der Waals surface area contributed by atoms with Crippen LogP contribution in [-0.2, 0) is 9.53 Å². The van der Waals surface area contributed by atoms with Gasteiger partial charge in [0.25, 0.3) is 0 Å². The number of hydrazine groups is 1. The van der Waals surface area contributed by atoms with Crippen LogP contribution in [0.5, 0.6) is 0 Å². The van der Waals surface area contributed by atoms with E-state index in [1.165, 1.54) is 20.0 Å². The summed E-state index contributed by atoms with van der Waals surface area (Å²) in [6, 6.07) is 9.71. The zero-order valence-electron chi connectivity index (χ0n) is 17.0. The Morgan fingerprint density at radius 2 is 1.96 bits per heavy atom. The van der Waals surface area contributed by atoms with Crippen LogP contribution in [0.2, 0.25) is 0 Å². The van der Waals surface area contributed by atoms with Crippen LogP contribution in [0, 0.1) is 5.92 Å². The van der Waals surface area contributed by atoms with Gasteiger partial charge in [0.1, 0.15) is 6.17 Å². The summed E-state index contributed by atoms with van der Waals surface area (Å²) in [7, 11) is 1.40. The van der Waals surface area contributed by atoms with Crippen LogP contribution < -0.4 is 10.2 Å². The molecule has 28 heavy (non-hydrogen) atoms. The molecular weight excluding hydrogens is 356 g/mol. The minimum Gasteiger partial charge on any atom is -0.469 e. The number of benzene rings is 1. The van der Waals surface area contributed by atoms with E-state index < -0.39 is 0 Å². The van der Waals surface area contributed by atoms with E-state index in [2.05, 4.69) is 5.32 Å². The van der Waals surface area contributed by atoms with Crippen molar-refractivity contribution in [2.75, 3.05) is 38.2 Å². The fourth-order valence-corrected chi connectivity index (χ4v) is 4.17. The zero-order chi connectivity index (χ0) is 19.9. The Morgan fingerprint density at radius 1 is 1.18 bits per heavy atom. The molecule has 2 fully saturated rings. The fourth-order valence-electron chi connectivity index (χ4n) is 4.17. The molecular formula is C21H32N4O3. The molecule has 2 aliphatic heterocycles. The summed E-state index contributed by atoms with van der Waals surface area (Å²) in [5.74, 6) is 0.374. The predicted octanol–water partition coefficient (Wildman–Crippen LogP) is 2.83. The molecule has 2 atom stereocenters. The fraction of sp³-hybridized carbons (Fsp3) is 0.619. The Hall–Kier alpha value is -2.12. The van der Waals surface area contributed by atoms with Gasteiger partial charge in [0, 0.05) is 18.8 Å². The summed E-state index contributed by atoms with van der Waals surface area (Å²) >= 11 is 0. The third-order valence-electron chi connectivity index (χ3n) is 5.79. The monoisotopic (exact) mass is 388 g/mol. The normalized spacial score (nSPS) is 23.7. The highest BCUT2D eigenvalue weighted by atomic mass is 16.5. The molecule has 0 spiro atoms. The second-order valence-electron chi connectivity index (χ2n) is 7.57. The number of esters is 1. The van der Waals surface area contributed by atoms with Gasteiger partial charge in [-0.2, -0.15) is 5.01 Å². The molecule has 7 heteroatoms. The number of methoxy groups -OCH3 is 1. The lowest BCUT2D eigenvalue weighted by molar-refractivity contribution is -0.141. The molecule has 1 aromatic carbocycles. The predicted molar refractivity (Wildman–Crippen MR) is 109 cm³/mol. The first kappa shape index (κ1) is 20.6. The second-order valence-corrected chi connectivity index (χ2v) is 7.57. The van der Waals surface area contributed by atoms with Crippen LogP contribution in [0.1, 0.15) is 39.0 Å². The lowest BCUT2D eigenvalue weighted by Gasteiger charge is -2.30. The van der Waals surface area contributed by atoms with E-state index in [0.717, 1.165) is 31.6 Å². The molecule has 0 radical (unpaired) electrons. The van der Waals surface area contributed by atoms with Crippen LogP contribution in [0.4, 0.5) is 10.5 Å². The highest BCUT2D eigenvalue weighted by Crippen LogP contribution is 2.29. The number of hydrogen-bond acceptors (Lipinski definition) is 5. The standard InChI is InChI=1S/C21H32N4O3/c1-17-23(16-12-20(26)28-2)24(15-11-18-7-6-13-22-14-10-18)21(27)25(17)19-8-4-3-5-9-19/h3-5,8-9,17-18,22H,6-7,10-16H2,1-2H3. The molecule has 2 amide bonds. The summed E-state index contributed by atoms with van der Waals surface area (Å²) in [6.45, 7) is 5.30. The third-order valence-corrected chi connectivity index (χ3v) is 5.79. The molecule has 2 heterocycles. The van der Waals surface area contributed by atoms with Crippen molar-refractivity contribution in [2.24, 2.45) is 5.92 Å². The van der Waals surface area contributed by atoms with Crippen LogP contribution >= 0.6 is 0 Å². The van der Waals surface area contributed by atoms with E-state index in [9.17, 15) is 9.59 Å². The Labute approximate surface area is 167 Å². The topological polar surface area (TPSA) is 65.1 Å². The number of para-hydroxylation sites is 1. The first-order chi connectivity index (χ1) is 13.6. The SMILES string of the molecule is COC(=O)CCN1C(C)N(c2ccccc2)C(=O)N1CCC1CCCNCC1. The van der Waals surface area contributed by atoms with Gasteiger partial charge < -0.3 is 10.1 Å². The number of amides is 2. The van der Waals surface area contributed by atoms with Crippen LogP contribution in [0.3, 0.4) is 0 Å². The van der Waals surface area contributed by atoms with E-state index in [1.807, 2.05) is 52.2 Å². The molecule has 0 aliphatic carbocycles. The largest absolute Gasteiger partial charge is 0.469 e. The Morgan fingerprint density at radius 3 is 2.71 bits per heavy atom. The maximum absolute atomic E-state index is 13.3. The Balaban J connectivity index is 1.72. The average molecular weight is 389 g/mol. The number of carbonyl (C=O) groups is 2. The maximum atomic E-state index is 13.3. The van der Waals surface area contributed by atoms with Crippen molar-refractivity contribution in [3.63, 3.8) is 0 Å². The van der Waals surface area contributed by atoms with Crippen molar-refractivity contribution >= 4 is 17.7 Å². The van der Waals surface area contributed by atoms with Crippen molar-refractivity contribution in [1.82, 2.24) is 15.3 Å². The number of anilines is 1. The molecule has 2 unspecified atom stereocenters. The molecule has 7 nitrogen and oxygen atoms in total. The number of urea groups is 1. The van der Waals surface area contributed by atoms with Crippen molar-refractivity contribution in [2.45, 2.75) is 45.2 Å². The Bertz CT molecular complexity index is 646. The third kappa shape index (κ3) is 4.83. The van der Waals surface area contributed by atoms with Gasteiger partial charge in [-0.25, -0.2) is 4.79 Å². The molecule has 0 aromatic heterocycles. The van der Waals surface area contributed by atoms with Crippen molar-refractivity contribution < 1.29 is 14.3 Å². The van der Waals surface area contributed by atoms with Crippen LogP contribution in [0.25, 0.3) is 0 Å². The summed E-state index contributed by atoms with van der Waals surface area (Å²) in [5, 5.41) is 7.29. The first-order valence-corrected chi connectivity index (χ1v) is 10.3.